The summed E-state index contributed by atoms with van der Waals surface area (Å²) < 4.78 is 0. The van der Waals surface area contributed by atoms with Crippen LogP contribution in [0.15, 0.2) is 12.2 Å². The van der Waals surface area contributed by atoms with E-state index in [4.69, 9.17) is 17.2 Å². The molecule has 0 radical (unpaired) electrons. The fourth-order valence-electron chi connectivity index (χ4n) is 6.74. The second kappa shape index (κ2) is 31.7. The van der Waals surface area contributed by atoms with Gasteiger partial charge in [0.25, 0.3) is 0 Å². The summed E-state index contributed by atoms with van der Waals surface area (Å²) >= 11 is 0. The number of carboxylic acid groups (broad SMARTS) is 1. The van der Waals surface area contributed by atoms with Crippen molar-refractivity contribution in [3.8, 4) is 0 Å². The lowest BCUT2D eigenvalue weighted by Gasteiger charge is -2.32. The van der Waals surface area contributed by atoms with E-state index in [1.165, 1.54) is 116 Å². The van der Waals surface area contributed by atoms with E-state index in [1.807, 2.05) is 0 Å². The Bertz CT molecular complexity index is 802. The summed E-state index contributed by atoms with van der Waals surface area (Å²) in [4.78, 5) is 38.4. The molecule has 0 aromatic carbocycles. The largest absolute Gasteiger partial charge is 0.480 e. The van der Waals surface area contributed by atoms with Gasteiger partial charge in [0.2, 0.25) is 0 Å². The maximum atomic E-state index is 13.8. The molecule has 3 atom stereocenters. The van der Waals surface area contributed by atoms with Gasteiger partial charge in [0.1, 0.15) is 5.78 Å². The zero-order valence-corrected chi connectivity index (χ0v) is 30.9. The van der Waals surface area contributed by atoms with E-state index in [-0.39, 0.29) is 18.2 Å². The molecule has 0 rings (SSSR count). The molecular weight excluding hydrogens is 586 g/mol. The second-order valence-corrected chi connectivity index (χ2v) is 14.1. The van der Waals surface area contributed by atoms with Crippen molar-refractivity contribution in [2.75, 3.05) is 13.1 Å². The van der Waals surface area contributed by atoms with Gasteiger partial charge in [-0.05, 0) is 38.5 Å². The Morgan fingerprint density at radius 2 is 0.915 bits per heavy atom. The van der Waals surface area contributed by atoms with Crippen molar-refractivity contribution < 1.29 is 19.5 Å². The van der Waals surface area contributed by atoms with Crippen LogP contribution in [0.3, 0.4) is 0 Å². The third-order valence-electron chi connectivity index (χ3n) is 10.0. The summed E-state index contributed by atoms with van der Waals surface area (Å²) in [5.74, 6) is -4.29. The lowest BCUT2D eigenvalue weighted by atomic mass is 9.73. The van der Waals surface area contributed by atoms with Crippen molar-refractivity contribution in [3.63, 3.8) is 0 Å². The fraction of sp³-hybridized carbons (Fsp3) is 0.875. The van der Waals surface area contributed by atoms with Crippen molar-refractivity contribution in [1.82, 2.24) is 0 Å². The molecule has 7 nitrogen and oxygen atoms in total. The van der Waals surface area contributed by atoms with E-state index in [9.17, 15) is 19.5 Å². The highest BCUT2D eigenvalue weighted by Crippen LogP contribution is 2.28. The van der Waals surface area contributed by atoms with Gasteiger partial charge in [-0.15, -0.1) is 0 Å². The van der Waals surface area contributed by atoms with E-state index >= 15 is 0 Å². The highest BCUT2D eigenvalue weighted by molar-refractivity contribution is 6.12. The van der Waals surface area contributed by atoms with Crippen LogP contribution in [0.1, 0.15) is 194 Å². The summed E-state index contributed by atoms with van der Waals surface area (Å²) in [6.07, 6.45) is 38.1. The van der Waals surface area contributed by atoms with Gasteiger partial charge in [0.05, 0.1) is 12.5 Å². The average Bonchev–Trinajstić information content (AvgIpc) is 3.07. The molecule has 0 aromatic heterocycles. The van der Waals surface area contributed by atoms with Crippen molar-refractivity contribution >= 4 is 17.5 Å². The van der Waals surface area contributed by atoms with Crippen molar-refractivity contribution in [2.45, 2.75) is 199 Å². The number of carbonyl (C=O) groups is 3. The Balaban J connectivity index is 4.68. The molecule has 0 fully saturated rings. The van der Waals surface area contributed by atoms with Crippen molar-refractivity contribution in [2.24, 2.45) is 29.0 Å². The molecule has 47 heavy (non-hydrogen) atoms. The molecule has 0 spiro atoms. The minimum Gasteiger partial charge on any atom is -0.480 e. The number of hydrogen-bond acceptors (Lipinski definition) is 6. The first kappa shape index (κ1) is 45.4. The molecule has 7 heteroatoms. The molecule has 0 heterocycles. The van der Waals surface area contributed by atoms with Crippen molar-refractivity contribution in [1.29, 1.82) is 0 Å². The number of carboxylic acids is 1. The first-order valence-corrected chi connectivity index (χ1v) is 19.9. The molecule has 7 N–H and O–H groups in total. The minimum atomic E-state index is -2.38. The standard InChI is InChI=1S/C40H77N3O4/c1-3-5-7-9-11-13-15-17-19-21-23-25-27-29-31-35(38(45)36(33-41)40(43,39(46)47)37(44)34-42)32-30-28-26-24-22-20-18-16-14-12-10-8-6-4-2/h17,19,35-36H,3-16,18,20-34,41-43H2,1-2H3,(H,46,47). The van der Waals surface area contributed by atoms with Gasteiger partial charge in [-0.25, -0.2) is 4.79 Å². The summed E-state index contributed by atoms with van der Waals surface area (Å²) in [6.45, 7) is 3.69. The SMILES string of the molecule is CCCCCCCCC=CCCCCCCC(CCCCCCCCCCCCCCCC)C(=O)C(CN)C(N)(C(=O)O)C(=O)CN. The molecule has 0 amide bonds. The topological polar surface area (TPSA) is 150 Å². The van der Waals surface area contributed by atoms with Crippen LogP contribution < -0.4 is 17.2 Å². The summed E-state index contributed by atoms with van der Waals surface area (Å²) in [5.41, 5.74) is 15.2. The van der Waals surface area contributed by atoms with Crippen LogP contribution in [0.25, 0.3) is 0 Å². The number of nitrogens with two attached hydrogens (primary N) is 3. The lowest BCUT2D eigenvalue weighted by molar-refractivity contribution is -0.154. The highest BCUT2D eigenvalue weighted by Gasteiger charge is 2.51. The number of aliphatic carboxylic acids is 1. The van der Waals surface area contributed by atoms with Gasteiger partial charge in [-0.3, -0.25) is 9.59 Å². The Labute approximate surface area is 290 Å². The van der Waals surface area contributed by atoms with E-state index in [1.54, 1.807) is 0 Å². The number of hydrogen-bond donors (Lipinski definition) is 4. The van der Waals surface area contributed by atoms with E-state index < -0.39 is 29.8 Å². The monoisotopic (exact) mass is 664 g/mol. The molecular formula is C40H77N3O4. The third kappa shape index (κ3) is 21.9. The molecule has 0 aromatic rings. The zero-order chi connectivity index (χ0) is 35.0. The smallest absolute Gasteiger partial charge is 0.332 e. The van der Waals surface area contributed by atoms with Crippen LogP contribution in [0, 0.1) is 11.8 Å². The fourth-order valence-corrected chi connectivity index (χ4v) is 6.74. The normalized spacial score (nSPS) is 14.3. The van der Waals surface area contributed by atoms with Crippen molar-refractivity contribution in [3.05, 3.63) is 12.2 Å². The van der Waals surface area contributed by atoms with Crippen LogP contribution in [-0.2, 0) is 14.4 Å². The van der Waals surface area contributed by atoms with Crippen LogP contribution >= 0.6 is 0 Å². The quantitative estimate of drug-likeness (QED) is 0.0296. The zero-order valence-electron chi connectivity index (χ0n) is 30.9. The Morgan fingerprint density at radius 1 is 0.574 bits per heavy atom. The predicted molar refractivity (Wildman–Crippen MR) is 199 cm³/mol. The van der Waals surface area contributed by atoms with Gasteiger partial charge < -0.3 is 22.3 Å². The molecule has 0 saturated heterocycles. The molecule has 0 aliphatic carbocycles. The molecule has 3 unspecified atom stereocenters. The van der Waals surface area contributed by atoms with Crippen LogP contribution in [0.5, 0.6) is 0 Å². The van der Waals surface area contributed by atoms with E-state index in [0.29, 0.717) is 12.8 Å². The maximum absolute atomic E-state index is 13.8. The Kier molecular flexibility index (Phi) is 30.6. The van der Waals surface area contributed by atoms with Crippen LogP contribution in [0.4, 0.5) is 0 Å². The highest BCUT2D eigenvalue weighted by atomic mass is 16.4. The summed E-state index contributed by atoms with van der Waals surface area (Å²) in [7, 11) is 0. The molecule has 276 valence electrons. The second-order valence-electron chi connectivity index (χ2n) is 14.1. The molecule has 0 bridgehead atoms. The van der Waals surface area contributed by atoms with E-state index in [0.717, 1.165) is 51.4 Å². The number of allylic oxidation sites excluding steroid dienone is 2. The Morgan fingerprint density at radius 3 is 1.23 bits per heavy atom. The number of ketones is 2. The lowest BCUT2D eigenvalue weighted by Crippen LogP contribution is -2.66. The predicted octanol–water partition coefficient (Wildman–Crippen LogP) is 9.58. The van der Waals surface area contributed by atoms with Gasteiger partial charge >= 0.3 is 5.97 Å². The van der Waals surface area contributed by atoms with Gasteiger partial charge in [0, 0.05) is 12.5 Å². The average molecular weight is 664 g/mol. The number of Topliss-reactive ketones (excluding diaryl/α,β-unsaturated/α-hetero) is 2. The number of unbranched alkanes of at least 4 members (excludes halogenated alkanes) is 23. The molecule has 0 aliphatic heterocycles. The number of carbonyl (C=O) groups excluding carboxylic acids is 2. The Hall–Kier alpha value is -1.57. The summed E-state index contributed by atoms with van der Waals surface area (Å²) in [6, 6.07) is 0. The minimum absolute atomic E-state index is 0.284. The van der Waals surface area contributed by atoms with Gasteiger partial charge in [-0.2, -0.15) is 0 Å². The third-order valence-corrected chi connectivity index (χ3v) is 10.0. The molecule has 0 saturated carbocycles. The maximum Gasteiger partial charge on any atom is 0.332 e. The van der Waals surface area contributed by atoms with Gasteiger partial charge in [-0.1, -0.05) is 167 Å². The molecule has 0 aliphatic rings. The summed E-state index contributed by atoms with van der Waals surface area (Å²) in [5, 5.41) is 9.87. The number of rotatable bonds is 36. The van der Waals surface area contributed by atoms with Crippen LogP contribution in [0.2, 0.25) is 0 Å². The first-order chi connectivity index (χ1) is 22.8. The van der Waals surface area contributed by atoms with Gasteiger partial charge in [0.15, 0.2) is 11.3 Å². The van der Waals surface area contributed by atoms with E-state index in [2.05, 4.69) is 26.0 Å². The first-order valence-electron chi connectivity index (χ1n) is 19.9. The van der Waals surface area contributed by atoms with Crippen LogP contribution in [-0.4, -0.2) is 41.3 Å².